The van der Waals surface area contributed by atoms with Gasteiger partial charge in [-0.1, -0.05) is 35.4 Å². The van der Waals surface area contributed by atoms with Crippen LogP contribution in [0.2, 0.25) is 5.15 Å². The predicted molar refractivity (Wildman–Crippen MR) is 66.9 cm³/mol. The van der Waals surface area contributed by atoms with Crippen LogP contribution in [-0.2, 0) is 0 Å². The zero-order valence-electron chi connectivity index (χ0n) is 9.11. The first-order valence-electron chi connectivity index (χ1n) is 5.17. The molecule has 4 nitrogen and oxygen atoms in total. The minimum Gasteiger partial charge on any atom is -0.334 e. The number of imidazole rings is 1. The van der Waals surface area contributed by atoms with Crippen LogP contribution in [0, 0.1) is 6.92 Å². The molecule has 17 heavy (non-hydrogen) atoms. The highest BCUT2D eigenvalue weighted by Crippen LogP contribution is 2.23. The molecule has 0 spiro atoms. The van der Waals surface area contributed by atoms with Gasteiger partial charge in [-0.3, -0.25) is 0 Å². The molecule has 0 aliphatic rings. The molecule has 2 aromatic heterocycles. The lowest BCUT2D eigenvalue weighted by atomic mass is 10.1. The normalized spacial score (nSPS) is 10.9. The number of aromatic nitrogens is 4. The van der Waals surface area contributed by atoms with Gasteiger partial charge in [0.1, 0.15) is 17.7 Å². The maximum absolute atomic E-state index is 5.97. The molecule has 5 heteroatoms. The molecule has 0 bridgehead atoms. The fourth-order valence-corrected chi connectivity index (χ4v) is 1.90. The van der Waals surface area contributed by atoms with Crippen LogP contribution in [-0.4, -0.2) is 19.9 Å². The van der Waals surface area contributed by atoms with E-state index in [9.17, 15) is 0 Å². The molecular weight excluding hydrogens is 236 g/mol. The average Bonchev–Trinajstić information content (AvgIpc) is 2.74. The summed E-state index contributed by atoms with van der Waals surface area (Å²) in [5.74, 6) is 0.756. The van der Waals surface area contributed by atoms with Crippen molar-refractivity contribution in [3.05, 3.63) is 41.3 Å². The van der Waals surface area contributed by atoms with E-state index >= 15 is 0 Å². The Kier molecular flexibility index (Phi) is 2.30. The highest BCUT2D eigenvalue weighted by molar-refractivity contribution is 6.33. The molecule has 0 amide bonds. The summed E-state index contributed by atoms with van der Waals surface area (Å²) in [6.07, 6.45) is 1.41. The summed E-state index contributed by atoms with van der Waals surface area (Å²) in [5, 5.41) is 0.390. The van der Waals surface area contributed by atoms with Crippen molar-refractivity contribution in [2.75, 3.05) is 0 Å². The van der Waals surface area contributed by atoms with Crippen molar-refractivity contribution in [2.45, 2.75) is 6.92 Å². The van der Waals surface area contributed by atoms with Gasteiger partial charge in [0.25, 0.3) is 0 Å². The first kappa shape index (κ1) is 10.2. The van der Waals surface area contributed by atoms with Gasteiger partial charge in [0.2, 0.25) is 0 Å². The second-order valence-corrected chi connectivity index (χ2v) is 4.18. The second kappa shape index (κ2) is 3.82. The molecule has 3 rings (SSSR count). The molecule has 0 aliphatic heterocycles. The van der Waals surface area contributed by atoms with E-state index in [4.69, 9.17) is 11.6 Å². The molecular formula is C12H9ClN4. The van der Waals surface area contributed by atoms with Crippen molar-refractivity contribution in [1.29, 1.82) is 0 Å². The Morgan fingerprint density at radius 1 is 1.24 bits per heavy atom. The van der Waals surface area contributed by atoms with E-state index in [1.54, 1.807) is 0 Å². The molecule has 1 N–H and O–H groups in total. The predicted octanol–water partition coefficient (Wildman–Crippen LogP) is 2.98. The van der Waals surface area contributed by atoms with E-state index in [0.717, 1.165) is 11.4 Å². The lowest BCUT2D eigenvalue weighted by molar-refractivity contribution is 1.20. The fourth-order valence-electron chi connectivity index (χ4n) is 1.73. The van der Waals surface area contributed by atoms with Gasteiger partial charge in [-0.2, -0.15) is 0 Å². The number of aryl methyl sites for hydroxylation is 1. The topological polar surface area (TPSA) is 54.5 Å². The SMILES string of the molecule is Cc1cccc(-c2nc3ncnc(Cl)c3[nH]2)c1. The molecule has 1 aromatic carbocycles. The van der Waals surface area contributed by atoms with E-state index in [2.05, 4.69) is 26.0 Å². The van der Waals surface area contributed by atoms with Crippen LogP contribution >= 0.6 is 11.6 Å². The van der Waals surface area contributed by atoms with Gasteiger partial charge in [-0.05, 0) is 13.0 Å². The van der Waals surface area contributed by atoms with Crippen LogP contribution < -0.4 is 0 Å². The van der Waals surface area contributed by atoms with Crippen LogP contribution in [0.3, 0.4) is 0 Å². The molecule has 0 saturated carbocycles. The number of fused-ring (bicyclic) bond motifs is 1. The number of H-pyrrole nitrogens is 1. The molecule has 0 unspecified atom stereocenters. The van der Waals surface area contributed by atoms with Crippen LogP contribution in [0.5, 0.6) is 0 Å². The summed E-state index contributed by atoms with van der Waals surface area (Å²) < 4.78 is 0. The monoisotopic (exact) mass is 244 g/mol. The number of hydrogen-bond donors (Lipinski definition) is 1. The van der Waals surface area contributed by atoms with E-state index < -0.39 is 0 Å². The molecule has 3 aromatic rings. The van der Waals surface area contributed by atoms with Crippen molar-refractivity contribution in [3.8, 4) is 11.4 Å². The minimum atomic E-state index is 0.390. The summed E-state index contributed by atoms with van der Waals surface area (Å²) in [4.78, 5) is 15.5. The van der Waals surface area contributed by atoms with E-state index in [1.807, 2.05) is 25.1 Å². The number of nitrogens with one attached hydrogen (secondary N) is 1. The van der Waals surface area contributed by atoms with Gasteiger partial charge < -0.3 is 4.98 Å². The van der Waals surface area contributed by atoms with Crippen LogP contribution in [0.25, 0.3) is 22.6 Å². The average molecular weight is 245 g/mol. The second-order valence-electron chi connectivity index (χ2n) is 3.82. The van der Waals surface area contributed by atoms with Gasteiger partial charge in [0.15, 0.2) is 10.8 Å². The number of aromatic amines is 1. The number of rotatable bonds is 1. The van der Waals surface area contributed by atoms with Gasteiger partial charge in [0.05, 0.1) is 0 Å². The first-order chi connectivity index (χ1) is 8.24. The van der Waals surface area contributed by atoms with Crippen molar-refractivity contribution in [2.24, 2.45) is 0 Å². The molecule has 0 saturated heterocycles. The lowest BCUT2D eigenvalue weighted by Gasteiger charge is -1.97. The Bertz CT molecular complexity index is 690. The Labute approximate surface area is 103 Å². The number of nitrogens with zero attached hydrogens (tertiary/aromatic N) is 3. The van der Waals surface area contributed by atoms with Gasteiger partial charge >= 0.3 is 0 Å². The molecule has 0 radical (unpaired) electrons. The Morgan fingerprint density at radius 3 is 2.88 bits per heavy atom. The zero-order chi connectivity index (χ0) is 11.8. The zero-order valence-corrected chi connectivity index (χ0v) is 9.86. The van der Waals surface area contributed by atoms with E-state index in [-0.39, 0.29) is 0 Å². The molecule has 84 valence electrons. The van der Waals surface area contributed by atoms with Crippen molar-refractivity contribution in [1.82, 2.24) is 19.9 Å². The van der Waals surface area contributed by atoms with Crippen molar-refractivity contribution < 1.29 is 0 Å². The first-order valence-corrected chi connectivity index (χ1v) is 5.55. The highest BCUT2D eigenvalue weighted by atomic mass is 35.5. The Morgan fingerprint density at radius 2 is 2.12 bits per heavy atom. The van der Waals surface area contributed by atoms with Gasteiger partial charge in [-0.15, -0.1) is 0 Å². The third-order valence-corrected chi connectivity index (χ3v) is 2.82. The third-order valence-electron chi connectivity index (χ3n) is 2.53. The van der Waals surface area contributed by atoms with Crippen LogP contribution in [0.1, 0.15) is 5.56 Å². The number of halogens is 1. The standard InChI is InChI=1S/C12H9ClN4/c1-7-3-2-4-8(5-7)11-16-9-10(13)14-6-15-12(9)17-11/h2-6H,1H3,(H,14,15,16,17). The minimum absolute atomic E-state index is 0.390. The molecule has 0 aliphatic carbocycles. The maximum atomic E-state index is 5.97. The quantitative estimate of drug-likeness (QED) is 0.670. The van der Waals surface area contributed by atoms with Gasteiger partial charge in [-0.25, -0.2) is 15.0 Å². The number of hydrogen-bond acceptors (Lipinski definition) is 3. The summed E-state index contributed by atoms with van der Waals surface area (Å²) >= 11 is 5.97. The Hall–Kier alpha value is -1.94. The molecule has 0 atom stereocenters. The van der Waals surface area contributed by atoms with E-state index in [0.29, 0.717) is 16.3 Å². The van der Waals surface area contributed by atoms with Crippen molar-refractivity contribution >= 4 is 22.8 Å². The van der Waals surface area contributed by atoms with Gasteiger partial charge in [0, 0.05) is 5.56 Å². The largest absolute Gasteiger partial charge is 0.334 e. The lowest BCUT2D eigenvalue weighted by Crippen LogP contribution is -1.81. The fraction of sp³-hybridized carbons (Fsp3) is 0.0833. The van der Waals surface area contributed by atoms with E-state index in [1.165, 1.54) is 11.9 Å². The smallest absolute Gasteiger partial charge is 0.182 e. The molecule has 0 fully saturated rings. The molecule has 2 heterocycles. The van der Waals surface area contributed by atoms with Crippen molar-refractivity contribution in [3.63, 3.8) is 0 Å². The summed E-state index contributed by atoms with van der Waals surface area (Å²) in [5.41, 5.74) is 3.45. The highest BCUT2D eigenvalue weighted by Gasteiger charge is 2.09. The summed E-state index contributed by atoms with van der Waals surface area (Å²) in [7, 11) is 0. The summed E-state index contributed by atoms with van der Waals surface area (Å²) in [6.45, 7) is 2.04. The third kappa shape index (κ3) is 1.76. The Balaban J connectivity index is 2.22. The number of benzene rings is 1. The summed E-state index contributed by atoms with van der Waals surface area (Å²) in [6, 6.07) is 8.08. The van der Waals surface area contributed by atoms with Crippen LogP contribution in [0.4, 0.5) is 0 Å². The van der Waals surface area contributed by atoms with Crippen LogP contribution in [0.15, 0.2) is 30.6 Å². The maximum Gasteiger partial charge on any atom is 0.182 e.